The van der Waals surface area contributed by atoms with Gasteiger partial charge >= 0.3 is 0 Å². The molecule has 98 valence electrons. The van der Waals surface area contributed by atoms with Gasteiger partial charge < -0.3 is 24.0 Å². The second-order valence-electron chi connectivity index (χ2n) is 4.46. The first-order chi connectivity index (χ1) is 9.38. The fourth-order valence-corrected chi connectivity index (χ4v) is 2.33. The van der Waals surface area contributed by atoms with Crippen LogP contribution < -0.4 is 28.5 Å². The molecule has 0 unspecified atom stereocenters. The Labute approximate surface area is 135 Å². The predicted octanol–water partition coefficient (Wildman–Crippen LogP) is 0.0513. The number of rotatable bonds is 2. The van der Waals surface area contributed by atoms with Crippen molar-refractivity contribution < 1.29 is 28.5 Å². The van der Waals surface area contributed by atoms with Crippen molar-refractivity contribution in [2.45, 2.75) is 6.54 Å². The first-order valence-electron chi connectivity index (χ1n) is 6.24. The van der Waals surface area contributed by atoms with Crippen LogP contribution in [0.1, 0.15) is 11.3 Å². The zero-order valence-corrected chi connectivity index (χ0v) is 13.0. The highest BCUT2D eigenvalue weighted by atomic mass is 127. The molecule has 3 heteroatoms. The smallest absolute Gasteiger partial charge is 0.283 e. The topological polar surface area (TPSA) is 27.7 Å². The molecule has 0 fully saturated rings. The molecular formula is C17H13IN2. The Balaban J connectivity index is 0.00000147. The van der Waals surface area contributed by atoms with Gasteiger partial charge in [-0.2, -0.15) is 9.83 Å². The SMILES string of the molecule is N#Cc1cccc[n+]1Cc1cccc2ccccc12.[I-]. The number of halogens is 1. The average Bonchev–Trinajstić information content (AvgIpc) is 2.48. The van der Waals surface area contributed by atoms with E-state index in [0.29, 0.717) is 12.2 Å². The summed E-state index contributed by atoms with van der Waals surface area (Å²) in [4.78, 5) is 0. The molecule has 2 nitrogen and oxygen atoms in total. The highest BCUT2D eigenvalue weighted by Gasteiger charge is 2.11. The third-order valence-corrected chi connectivity index (χ3v) is 3.28. The van der Waals surface area contributed by atoms with Gasteiger partial charge in [-0.1, -0.05) is 42.5 Å². The first kappa shape index (κ1) is 14.5. The molecule has 0 bridgehead atoms. The fraction of sp³-hybridized carbons (Fsp3) is 0.0588. The number of nitriles is 1. The maximum Gasteiger partial charge on any atom is 0.283 e. The highest BCUT2D eigenvalue weighted by molar-refractivity contribution is 5.85. The summed E-state index contributed by atoms with van der Waals surface area (Å²) < 4.78 is 1.97. The Bertz CT molecular complexity index is 770. The normalized spacial score (nSPS) is 9.75. The lowest BCUT2D eigenvalue weighted by molar-refractivity contribution is -0.690. The summed E-state index contributed by atoms with van der Waals surface area (Å²) in [6, 6.07) is 22.5. The van der Waals surface area contributed by atoms with Crippen molar-refractivity contribution in [1.82, 2.24) is 0 Å². The molecule has 0 aliphatic heterocycles. The Morgan fingerprint density at radius 3 is 2.50 bits per heavy atom. The van der Waals surface area contributed by atoms with Gasteiger partial charge in [0, 0.05) is 17.7 Å². The van der Waals surface area contributed by atoms with Gasteiger partial charge in [0.15, 0.2) is 18.8 Å². The molecule has 0 amide bonds. The number of fused-ring (bicyclic) bond motifs is 1. The third-order valence-electron chi connectivity index (χ3n) is 3.28. The zero-order valence-electron chi connectivity index (χ0n) is 10.8. The summed E-state index contributed by atoms with van der Waals surface area (Å²) in [7, 11) is 0. The zero-order chi connectivity index (χ0) is 13.1. The summed E-state index contributed by atoms with van der Waals surface area (Å²) in [6.07, 6.45) is 1.94. The minimum Gasteiger partial charge on any atom is -1.00 e. The van der Waals surface area contributed by atoms with E-state index >= 15 is 0 Å². The molecule has 0 saturated heterocycles. The van der Waals surface area contributed by atoms with Crippen LogP contribution in [-0.2, 0) is 6.54 Å². The number of aromatic nitrogens is 1. The number of pyridine rings is 1. The molecule has 0 aliphatic carbocycles. The molecule has 0 radical (unpaired) electrons. The van der Waals surface area contributed by atoms with Crippen LogP contribution in [0.25, 0.3) is 10.8 Å². The quantitative estimate of drug-likeness (QED) is 0.462. The number of nitrogens with zero attached hydrogens (tertiary/aromatic N) is 2. The minimum atomic E-state index is 0. The van der Waals surface area contributed by atoms with Crippen LogP contribution in [0.15, 0.2) is 66.9 Å². The molecule has 3 rings (SSSR count). The van der Waals surface area contributed by atoms with Gasteiger partial charge in [-0.3, -0.25) is 0 Å². The summed E-state index contributed by atoms with van der Waals surface area (Å²) >= 11 is 0. The maximum absolute atomic E-state index is 9.14. The summed E-state index contributed by atoms with van der Waals surface area (Å²) in [5, 5.41) is 11.6. The van der Waals surface area contributed by atoms with Crippen LogP contribution >= 0.6 is 0 Å². The first-order valence-corrected chi connectivity index (χ1v) is 6.24. The lowest BCUT2D eigenvalue weighted by atomic mass is 10.0. The van der Waals surface area contributed by atoms with E-state index in [0.717, 1.165) is 0 Å². The summed E-state index contributed by atoms with van der Waals surface area (Å²) in [5.74, 6) is 0. The fourth-order valence-electron chi connectivity index (χ4n) is 2.33. The largest absolute Gasteiger partial charge is 1.00 e. The van der Waals surface area contributed by atoms with Crippen molar-refractivity contribution in [3.63, 3.8) is 0 Å². The Morgan fingerprint density at radius 1 is 0.900 bits per heavy atom. The van der Waals surface area contributed by atoms with Gasteiger partial charge in [0.2, 0.25) is 0 Å². The molecule has 0 spiro atoms. The van der Waals surface area contributed by atoms with Crippen molar-refractivity contribution >= 4 is 10.8 Å². The van der Waals surface area contributed by atoms with E-state index in [2.05, 4.69) is 36.4 Å². The third kappa shape index (κ3) is 2.81. The van der Waals surface area contributed by atoms with Gasteiger partial charge in [0.25, 0.3) is 5.69 Å². The highest BCUT2D eigenvalue weighted by Crippen LogP contribution is 2.18. The van der Waals surface area contributed by atoms with Crippen LogP contribution in [0, 0.1) is 11.3 Å². The molecule has 1 aromatic heterocycles. The van der Waals surface area contributed by atoms with Crippen molar-refractivity contribution in [2.75, 3.05) is 0 Å². The van der Waals surface area contributed by atoms with Crippen LogP contribution in [0.2, 0.25) is 0 Å². The Morgan fingerprint density at radius 2 is 1.65 bits per heavy atom. The van der Waals surface area contributed by atoms with Gasteiger partial charge in [-0.25, -0.2) is 0 Å². The van der Waals surface area contributed by atoms with Crippen molar-refractivity contribution in [1.29, 1.82) is 5.26 Å². The lowest BCUT2D eigenvalue weighted by Crippen LogP contribution is -3.00. The van der Waals surface area contributed by atoms with Gasteiger partial charge in [-0.15, -0.1) is 0 Å². The molecule has 1 heterocycles. The molecule has 20 heavy (non-hydrogen) atoms. The average molecular weight is 372 g/mol. The van der Waals surface area contributed by atoms with Gasteiger partial charge in [0.1, 0.15) is 0 Å². The van der Waals surface area contributed by atoms with Gasteiger partial charge in [0.05, 0.1) is 0 Å². The van der Waals surface area contributed by atoms with E-state index in [1.807, 2.05) is 41.1 Å². The van der Waals surface area contributed by atoms with Crippen LogP contribution in [0.5, 0.6) is 0 Å². The molecule has 0 saturated carbocycles. The van der Waals surface area contributed by atoms with E-state index in [4.69, 9.17) is 5.26 Å². The Hall–Kier alpha value is -1.93. The van der Waals surface area contributed by atoms with E-state index in [1.165, 1.54) is 16.3 Å². The number of benzene rings is 2. The van der Waals surface area contributed by atoms with Crippen molar-refractivity contribution in [3.05, 3.63) is 78.1 Å². The molecule has 2 aromatic carbocycles. The number of hydrogen-bond donors (Lipinski definition) is 0. The van der Waals surface area contributed by atoms with E-state index in [9.17, 15) is 0 Å². The molecule has 3 aromatic rings. The monoisotopic (exact) mass is 372 g/mol. The molecule has 0 aliphatic rings. The van der Waals surface area contributed by atoms with E-state index < -0.39 is 0 Å². The predicted molar refractivity (Wildman–Crippen MR) is 74.4 cm³/mol. The summed E-state index contributed by atoms with van der Waals surface area (Å²) in [5.41, 5.74) is 1.90. The minimum absolute atomic E-state index is 0. The second-order valence-corrected chi connectivity index (χ2v) is 4.46. The lowest BCUT2D eigenvalue weighted by Gasteiger charge is -2.04. The summed E-state index contributed by atoms with van der Waals surface area (Å²) in [6.45, 7) is 0.713. The van der Waals surface area contributed by atoms with Crippen LogP contribution in [-0.4, -0.2) is 0 Å². The maximum atomic E-state index is 9.14. The van der Waals surface area contributed by atoms with Crippen LogP contribution in [0.4, 0.5) is 0 Å². The van der Waals surface area contributed by atoms with Crippen LogP contribution in [0.3, 0.4) is 0 Å². The molecular weight excluding hydrogens is 359 g/mol. The second kappa shape index (κ2) is 6.49. The standard InChI is InChI=1S/C17H13N2.HI/c18-12-16-9-3-4-11-19(16)13-15-8-5-7-14-6-1-2-10-17(14)15;/h1-11H,13H2;1H/q+1;/p-1. The van der Waals surface area contributed by atoms with Crippen molar-refractivity contribution in [3.8, 4) is 6.07 Å². The number of hydrogen-bond acceptors (Lipinski definition) is 1. The Kier molecular flexibility index (Phi) is 4.70. The molecule has 0 N–H and O–H groups in total. The van der Waals surface area contributed by atoms with E-state index in [-0.39, 0.29) is 24.0 Å². The van der Waals surface area contributed by atoms with Crippen molar-refractivity contribution in [2.24, 2.45) is 0 Å². The molecule has 0 atom stereocenters. The van der Waals surface area contributed by atoms with Gasteiger partial charge in [-0.05, 0) is 16.8 Å². The van der Waals surface area contributed by atoms with E-state index in [1.54, 1.807) is 0 Å².